The van der Waals surface area contributed by atoms with Gasteiger partial charge in [-0.2, -0.15) is 0 Å². The SMILES string of the molecule is Cc1c(NC(=O)C=Cc2ccc(F)c(Cl)c2)c(=O)n(-c2ccccc2)n1C. The molecule has 3 rings (SSSR count). The van der Waals surface area contributed by atoms with Crippen molar-refractivity contribution < 1.29 is 9.18 Å². The van der Waals surface area contributed by atoms with Crippen molar-refractivity contribution in [3.8, 4) is 5.69 Å². The van der Waals surface area contributed by atoms with Gasteiger partial charge >= 0.3 is 0 Å². The zero-order valence-electron chi connectivity index (χ0n) is 14.7. The fraction of sp³-hybridized carbons (Fsp3) is 0.100. The van der Waals surface area contributed by atoms with E-state index < -0.39 is 11.7 Å². The molecule has 0 radical (unpaired) electrons. The van der Waals surface area contributed by atoms with Gasteiger partial charge in [-0.25, -0.2) is 9.07 Å². The van der Waals surface area contributed by atoms with Crippen LogP contribution in [-0.2, 0) is 11.8 Å². The largest absolute Gasteiger partial charge is 0.316 e. The lowest BCUT2D eigenvalue weighted by Crippen LogP contribution is -2.22. The van der Waals surface area contributed by atoms with Gasteiger partial charge < -0.3 is 5.32 Å². The van der Waals surface area contributed by atoms with Crippen LogP contribution in [0.3, 0.4) is 0 Å². The van der Waals surface area contributed by atoms with Crippen molar-refractivity contribution in [2.75, 3.05) is 5.32 Å². The number of para-hydroxylation sites is 1. The lowest BCUT2D eigenvalue weighted by molar-refractivity contribution is -0.111. The summed E-state index contributed by atoms with van der Waals surface area (Å²) in [6.45, 7) is 1.75. The highest BCUT2D eigenvalue weighted by Gasteiger charge is 2.17. The minimum absolute atomic E-state index is 0.0257. The maximum Gasteiger partial charge on any atom is 0.295 e. The van der Waals surface area contributed by atoms with Crippen LogP contribution in [-0.4, -0.2) is 15.3 Å². The number of amides is 1. The van der Waals surface area contributed by atoms with Crippen molar-refractivity contribution in [3.05, 3.63) is 87.1 Å². The van der Waals surface area contributed by atoms with Crippen LogP contribution < -0.4 is 10.9 Å². The molecular formula is C20H17ClFN3O2. The number of nitrogens with zero attached hydrogens (tertiary/aromatic N) is 2. The monoisotopic (exact) mass is 385 g/mol. The number of hydrogen-bond acceptors (Lipinski definition) is 2. The molecule has 3 aromatic rings. The predicted molar refractivity (Wildman–Crippen MR) is 105 cm³/mol. The van der Waals surface area contributed by atoms with Crippen molar-refractivity contribution in [1.29, 1.82) is 0 Å². The van der Waals surface area contributed by atoms with E-state index in [-0.39, 0.29) is 16.3 Å². The van der Waals surface area contributed by atoms with Crippen LogP contribution in [0.15, 0.2) is 59.4 Å². The van der Waals surface area contributed by atoms with E-state index in [2.05, 4.69) is 5.32 Å². The van der Waals surface area contributed by atoms with Gasteiger partial charge in [-0.1, -0.05) is 35.9 Å². The molecule has 0 bridgehead atoms. The standard InChI is InChI=1S/C20H17ClFN3O2/c1-13-19(20(27)25(24(13)2)15-6-4-3-5-7-15)23-18(26)11-9-14-8-10-17(22)16(21)12-14/h3-12H,1-2H3,(H,23,26). The van der Waals surface area contributed by atoms with Crippen molar-refractivity contribution in [2.24, 2.45) is 7.05 Å². The molecule has 0 saturated carbocycles. The van der Waals surface area contributed by atoms with E-state index >= 15 is 0 Å². The van der Waals surface area contributed by atoms with Crippen molar-refractivity contribution in [1.82, 2.24) is 9.36 Å². The van der Waals surface area contributed by atoms with E-state index in [0.717, 1.165) is 0 Å². The Labute approximate surface area is 160 Å². The van der Waals surface area contributed by atoms with E-state index in [1.807, 2.05) is 30.3 Å². The van der Waals surface area contributed by atoms with Crippen LogP contribution in [0.5, 0.6) is 0 Å². The van der Waals surface area contributed by atoms with Gasteiger partial charge in [0.2, 0.25) is 5.91 Å². The van der Waals surface area contributed by atoms with Gasteiger partial charge in [-0.05, 0) is 42.8 Å². The Balaban J connectivity index is 1.85. The second-order valence-electron chi connectivity index (χ2n) is 5.93. The van der Waals surface area contributed by atoms with Gasteiger partial charge in [-0.3, -0.25) is 14.3 Å². The molecule has 0 atom stereocenters. The number of nitrogens with one attached hydrogen (secondary N) is 1. The van der Waals surface area contributed by atoms with Crippen LogP contribution in [0.4, 0.5) is 10.1 Å². The van der Waals surface area contributed by atoms with E-state index in [1.165, 1.54) is 35.0 Å². The smallest absolute Gasteiger partial charge is 0.295 e. The van der Waals surface area contributed by atoms with Gasteiger partial charge in [0.05, 0.1) is 16.4 Å². The molecule has 0 fully saturated rings. The Bertz CT molecular complexity index is 1080. The second-order valence-corrected chi connectivity index (χ2v) is 6.34. The molecule has 2 aromatic carbocycles. The third kappa shape index (κ3) is 3.85. The minimum atomic E-state index is -0.528. The summed E-state index contributed by atoms with van der Waals surface area (Å²) in [4.78, 5) is 25.0. The first kappa shape index (κ1) is 18.7. The molecule has 138 valence electrons. The maximum absolute atomic E-state index is 13.2. The first-order chi connectivity index (χ1) is 12.9. The number of aromatic nitrogens is 2. The van der Waals surface area contributed by atoms with Crippen molar-refractivity contribution in [2.45, 2.75) is 6.92 Å². The average Bonchev–Trinajstić information content (AvgIpc) is 2.87. The van der Waals surface area contributed by atoms with Crippen LogP contribution in [0.2, 0.25) is 5.02 Å². The van der Waals surface area contributed by atoms with Crippen LogP contribution in [0.1, 0.15) is 11.3 Å². The Kier molecular flexibility index (Phi) is 5.28. The second kappa shape index (κ2) is 7.63. The Morgan fingerprint density at radius 3 is 2.56 bits per heavy atom. The van der Waals surface area contributed by atoms with E-state index in [9.17, 15) is 14.0 Å². The van der Waals surface area contributed by atoms with Gasteiger partial charge in [0, 0.05) is 13.1 Å². The van der Waals surface area contributed by atoms with E-state index in [4.69, 9.17) is 11.6 Å². The lowest BCUT2D eigenvalue weighted by Gasteiger charge is -2.07. The fourth-order valence-corrected chi connectivity index (χ4v) is 2.85. The van der Waals surface area contributed by atoms with Crippen LogP contribution in [0.25, 0.3) is 11.8 Å². The fourth-order valence-electron chi connectivity index (χ4n) is 2.67. The summed E-state index contributed by atoms with van der Waals surface area (Å²) < 4.78 is 16.3. The normalized spacial score (nSPS) is 11.1. The lowest BCUT2D eigenvalue weighted by atomic mass is 10.2. The average molecular weight is 386 g/mol. The number of hydrogen-bond donors (Lipinski definition) is 1. The molecule has 1 amide bonds. The molecular weight excluding hydrogens is 369 g/mol. The summed E-state index contributed by atoms with van der Waals surface area (Å²) in [7, 11) is 1.75. The highest BCUT2D eigenvalue weighted by Crippen LogP contribution is 2.17. The number of carbonyl (C=O) groups is 1. The highest BCUT2D eigenvalue weighted by molar-refractivity contribution is 6.30. The Morgan fingerprint density at radius 2 is 1.89 bits per heavy atom. The first-order valence-electron chi connectivity index (χ1n) is 8.16. The van der Waals surface area contributed by atoms with Gasteiger partial charge in [-0.15, -0.1) is 0 Å². The summed E-state index contributed by atoms with van der Waals surface area (Å²) in [5, 5.41) is 2.59. The van der Waals surface area contributed by atoms with Gasteiger partial charge in [0.15, 0.2) is 0 Å². The molecule has 0 aliphatic carbocycles. The summed E-state index contributed by atoms with van der Waals surface area (Å²) in [6, 6.07) is 13.3. The number of halogens is 2. The Hall–Kier alpha value is -3.12. The van der Waals surface area contributed by atoms with Crippen LogP contribution in [0, 0.1) is 12.7 Å². The summed E-state index contributed by atoms with van der Waals surface area (Å²) in [5.74, 6) is -0.999. The number of rotatable bonds is 4. The minimum Gasteiger partial charge on any atom is -0.316 e. The quantitative estimate of drug-likeness (QED) is 0.692. The molecule has 1 aromatic heterocycles. The van der Waals surface area contributed by atoms with Crippen molar-refractivity contribution in [3.63, 3.8) is 0 Å². The summed E-state index contributed by atoms with van der Waals surface area (Å²) in [5.41, 5.74) is 1.77. The predicted octanol–water partition coefficient (Wildman–Crippen LogP) is 3.93. The molecule has 1 N–H and O–H groups in total. The molecule has 0 spiro atoms. The highest BCUT2D eigenvalue weighted by atomic mass is 35.5. The molecule has 5 nitrogen and oxygen atoms in total. The van der Waals surface area contributed by atoms with E-state index in [0.29, 0.717) is 16.9 Å². The van der Waals surface area contributed by atoms with Crippen molar-refractivity contribution >= 4 is 29.3 Å². The summed E-state index contributed by atoms with van der Waals surface area (Å²) >= 11 is 5.72. The molecule has 7 heteroatoms. The topological polar surface area (TPSA) is 56.0 Å². The third-order valence-electron chi connectivity index (χ3n) is 4.17. The van der Waals surface area contributed by atoms with E-state index in [1.54, 1.807) is 18.7 Å². The van der Waals surface area contributed by atoms with Gasteiger partial charge in [0.1, 0.15) is 11.5 Å². The maximum atomic E-state index is 13.2. The number of carbonyl (C=O) groups excluding carboxylic acids is 1. The Morgan fingerprint density at radius 1 is 1.19 bits per heavy atom. The number of benzene rings is 2. The molecule has 27 heavy (non-hydrogen) atoms. The molecule has 0 unspecified atom stereocenters. The zero-order chi connectivity index (χ0) is 19.6. The molecule has 0 saturated heterocycles. The number of anilines is 1. The van der Waals surface area contributed by atoms with Crippen LogP contribution >= 0.6 is 11.6 Å². The summed E-state index contributed by atoms with van der Waals surface area (Å²) in [6.07, 6.45) is 2.76. The third-order valence-corrected chi connectivity index (χ3v) is 4.46. The first-order valence-corrected chi connectivity index (χ1v) is 8.54. The zero-order valence-corrected chi connectivity index (χ0v) is 15.5. The molecule has 0 aliphatic rings. The molecule has 1 heterocycles. The molecule has 0 aliphatic heterocycles. The van der Waals surface area contributed by atoms with Gasteiger partial charge in [0.25, 0.3) is 5.56 Å².